The predicted octanol–water partition coefficient (Wildman–Crippen LogP) is 0.710. The summed E-state index contributed by atoms with van der Waals surface area (Å²) in [6, 6.07) is 0. The minimum atomic E-state index is 0.433. The van der Waals surface area contributed by atoms with Crippen LogP contribution in [0.15, 0.2) is 28.9 Å². The largest absolute Gasteiger partial charge is 0.296 e. The Balaban J connectivity index is 2.37. The molecule has 2 nitrogen and oxygen atoms in total. The average molecular weight is 119 g/mol. The molecule has 0 spiro atoms. The Labute approximate surface area is 52.6 Å². The lowest BCUT2D eigenvalue weighted by atomic mass is 10.2. The maximum atomic E-state index is 10.2. The molecule has 1 aliphatic carbocycles. The summed E-state index contributed by atoms with van der Waals surface area (Å²) in [5.74, 6) is 0.433. The van der Waals surface area contributed by atoms with Crippen LogP contribution in [0.1, 0.15) is 0 Å². The normalized spacial score (nSPS) is 28.2. The molecule has 0 amide bonds. The number of aldehydes is 1. The van der Waals surface area contributed by atoms with Crippen LogP contribution >= 0.6 is 0 Å². The van der Waals surface area contributed by atoms with Gasteiger partial charge in [-0.3, -0.25) is 9.79 Å². The summed E-state index contributed by atoms with van der Waals surface area (Å²) in [5, 5.41) is 0. The Morgan fingerprint density at radius 2 is 2.56 bits per heavy atom. The molecule has 1 aliphatic heterocycles. The topological polar surface area (TPSA) is 29.4 Å². The zero-order valence-corrected chi connectivity index (χ0v) is 4.74. The lowest BCUT2D eigenvalue weighted by Crippen LogP contribution is -2.01. The molecule has 0 saturated carbocycles. The number of rotatable bonds is 1. The third-order valence-electron chi connectivity index (χ3n) is 1.52. The lowest BCUT2D eigenvalue weighted by molar-refractivity contribution is -0.102. The highest BCUT2D eigenvalue weighted by Gasteiger charge is 2.27. The molecular weight excluding hydrogens is 114 g/mol. The van der Waals surface area contributed by atoms with Crippen LogP contribution < -0.4 is 0 Å². The van der Waals surface area contributed by atoms with Crippen LogP contribution in [0.25, 0.3) is 0 Å². The van der Waals surface area contributed by atoms with Crippen LogP contribution in [0, 0.1) is 5.92 Å². The van der Waals surface area contributed by atoms with E-state index in [2.05, 4.69) is 4.99 Å². The van der Waals surface area contributed by atoms with Crippen molar-refractivity contribution in [3.63, 3.8) is 0 Å². The lowest BCUT2D eigenvalue weighted by Gasteiger charge is -1.95. The van der Waals surface area contributed by atoms with Gasteiger partial charge in [0.1, 0.15) is 5.71 Å². The van der Waals surface area contributed by atoms with Gasteiger partial charge in [0.2, 0.25) is 0 Å². The monoisotopic (exact) mass is 119 g/mol. The summed E-state index contributed by atoms with van der Waals surface area (Å²) >= 11 is 0. The minimum absolute atomic E-state index is 0.433. The van der Waals surface area contributed by atoms with Crippen molar-refractivity contribution in [3.8, 4) is 0 Å². The molecule has 0 aromatic heterocycles. The molecule has 2 heteroatoms. The molecule has 9 heavy (non-hydrogen) atoms. The maximum Gasteiger partial charge on any atom is 0.168 e. The Morgan fingerprint density at radius 1 is 1.67 bits per heavy atom. The molecule has 0 aromatic rings. The van der Waals surface area contributed by atoms with Crippen molar-refractivity contribution >= 4 is 12.0 Å². The van der Waals surface area contributed by atoms with E-state index >= 15 is 0 Å². The first-order valence-electron chi connectivity index (χ1n) is 2.83. The third kappa shape index (κ3) is 0.560. The molecule has 1 unspecified atom stereocenters. The summed E-state index contributed by atoms with van der Waals surface area (Å²) in [7, 11) is 0. The van der Waals surface area contributed by atoms with Gasteiger partial charge in [0, 0.05) is 12.1 Å². The SMILES string of the molecule is O=CC1=NC=CC2C=C12. The Hall–Kier alpha value is -1.18. The molecule has 44 valence electrons. The van der Waals surface area contributed by atoms with E-state index in [4.69, 9.17) is 0 Å². The van der Waals surface area contributed by atoms with Gasteiger partial charge in [-0.15, -0.1) is 0 Å². The number of carbonyl (C=O) groups is 1. The summed E-state index contributed by atoms with van der Waals surface area (Å²) in [6.45, 7) is 0. The number of nitrogens with zero attached hydrogens (tertiary/aromatic N) is 1. The molecular formula is C7H5NO. The van der Waals surface area contributed by atoms with Gasteiger partial charge >= 0.3 is 0 Å². The molecule has 2 aliphatic rings. The third-order valence-corrected chi connectivity index (χ3v) is 1.52. The molecule has 0 bridgehead atoms. The Morgan fingerprint density at radius 3 is 3.22 bits per heavy atom. The van der Waals surface area contributed by atoms with E-state index in [1.807, 2.05) is 12.2 Å². The fraction of sp³-hybridized carbons (Fsp3) is 0.143. The second-order valence-electron chi connectivity index (χ2n) is 2.12. The van der Waals surface area contributed by atoms with Crippen molar-refractivity contribution in [2.45, 2.75) is 0 Å². The van der Waals surface area contributed by atoms with Crippen molar-refractivity contribution < 1.29 is 4.79 Å². The van der Waals surface area contributed by atoms with Gasteiger partial charge in [-0.2, -0.15) is 0 Å². The first kappa shape index (κ1) is 4.68. The smallest absolute Gasteiger partial charge is 0.168 e. The summed E-state index contributed by atoms with van der Waals surface area (Å²) in [4.78, 5) is 14.1. The van der Waals surface area contributed by atoms with Gasteiger partial charge < -0.3 is 0 Å². The summed E-state index contributed by atoms with van der Waals surface area (Å²) < 4.78 is 0. The number of allylic oxidation sites excluding steroid dienone is 3. The van der Waals surface area contributed by atoms with Crippen LogP contribution in [0.5, 0.6) is 0 Å². The van der Waals surface area contributed by atoms with E-state index in [0.717, 1.165) is 11.9 Å². The number of aliphatic imine (C=N–C) groups is 1. The minimum Gasteiger partial charge on any atom is -0.296 e. The predicted molar refractivity (Wildman–Crippen MR) is 34.2 cm³/mol. The quantitative estimate of drug-likeness (QED) is 0.467. The highest BCUT2D eigenvalue weighted by atomic mass is 16.1. The van der Waals surface area contributed by atoms with Crippen LogP contribution in [0.2, 0.25) is 0 Å². The van der Waals surface area contributed by atoms with E-state index in [0.29, 0.717) is 11.6 Å². The highest BCUT2D eigenvalue weighted by Crippen LogP contribution is 2.33. The van der Waals surface area contributed by atoms with Gasteiger partial charge in [0.25, 0.3) is 0 Å². The van der Waals surface area contributed by atoms with E-state index < -0.39 is 0 Å². The van der Waals surface area contributed by atoms with Gasteiger partial charge in [-0.25, -0.2) is 0 Å². The Bertz CT molecular complexity index is 248. The second-order valence-corrected chi connectivity index (χ2v) is 2.12. The molecule has 1 heterocycles. The van der Waals surface area contributed by atoms with Crippen LogP contribution in [0.3, 0.4) is 0 Å². The molecule has 0 fully saturated rings. The molecule has 0 aromatic carbocycles. The van der Waals surface area contributed by atoms with E-state index in [1.54, 1.807) is 6.20 Å². The van der Waals surface area contributed by atoms with E-state index in [-0.39, 0.29) is 0 Å². The van der Waals surface area contributed by atoms with Crippen LogP contribution in [-0.4, -0.2) is 12.0 Å². The summed E-state index contributed by atoms with van der Waals surface area (Å²) in [5.41, 5.74) is 1.69. The summed E-state index contributed by atoms with van der Waals surface area (Å²) in [6.07, 6.45) is 6.48. The van der Waals surface area contributed by atoms with Crippen molar-refractivity contribution in [1.82, 2.24) is 0 Å². The van der Waals surface area contributed by atoms with Crippen LogP contribution in [-0.2, 0) is 4.79 Å². The van der Waals surface area contributed by atoms with Gasteiger partial charge in [-0.1, -0.05) is 12.2 Å². The standard InChI is InChI=1S/C7H5NO/c9-4-7-6-3-5(6)1-2-8-7/h1-5H. The van der Waals surface area contributed by atoms with Gasteiger partial charge in [0.15, 0.2) is 6.29 Å². The van der Waals surface area contributed by atoms with Crippen molar-refractivity contribution in [3.05, 3.63) is 23.9 Å². The van der Waals surface area contributed by atoms with E-state index in [9.17, 15) is 4.79 Å². The number of carbonyl (C=O) groups excluding carboxylic acids is 1. The zero-order chi connectivity index (χ0) is 6.27. The van der Waals surface area contributed by atoms with Gasteiger partial charge in [0.05, 0.1) is 0 Å². The number of fused-ring (bicyclic) bond motifs is 1. The molecule has 0 radical (unpaired) electrons. The Kier molecular flexibility index (Phi) is 0.730. The van der Waals surface area contributed by atoms with Crippen molar-refractivity contribution in [2.24, 2.45) is 10.9 Å². The molecule has 0 N–H and O–H groups in total. The first-order chi connectivity index (χ1) is 4.42. The fourth-order valence-corrected chi connectivity index (χ4v) is 0.950. The van der Waals surface area contributed by atoms with Gasteiger partial charge in [-0.05, 0) is 5.57 Å². The second kappa shape index (κ2) is 1.41. The molecule has 0 saturated heterocycles. The van der Waals surface area contributed by atoms with Crippen LogP contribution in [0.4, 0.5) is 0 Å². The highest BCUT2D eigenvalue weighted by molar-refractivity contribution is 6.38. The maximum absolute atomic E-state index is 10.2. The average Bonchev–Trinajstić information content (AvgIpc) is 2.64. The van der Waals surface area contributed by atoms with Crippen molar-refractivity contribution in [1.29, 1.82) is 0 Å². The number of hydrogen-bond donors (Lipinski definition) is 0. The van der Waals surface area contributed by atoms with Crippen molar-refractivity contribution in [2.75, 3.05) is 0 Å². The number of hydrogen-bond acceptors (Lipinski definition) is 2. The van der Waals surface area contributed by atoms with E-state index in [1.165, 1.54) is 0 Å². The zero-order valence-electron chi connectivity index (χ0n) is 4.74. The molecule has 1 atom stereocenters. The first-order valence-corrected chi connectivity index (χ1v) is 2.83. The molecule has 2 rings (SSSR count). The fourth-order valence-electron chi connectivity index (χ4n) is 0.950.